The molecule has 1 aromatic heterocycles. The van der Waals surface area contributed by atoms with Gasteiger partial charge >= 0.3 is 0 Å². The van der Waals surface area contributed by atoms with Crippen molar-refractivity contribution in [2.45, 2.75) is 38.5 Å². The van der Waals surface area contributed by atoms with Gasteiger partial charge in [0.2, 0.25) is 5.95 Å². The van der Waals surface area contributed by atoms with Crippen LogP contribution in [0, 0.1) is 13.8 Å². The van der Waals surface area contributed by atoms with E-state index in [2.05, 4.69) is 32.2 Å². The molecule has 0 bridgehead atoms. The van der Waals surface area contributed by atoms with Gasteiger partial charge in [0.05, 0.1) is 17.1 Å². The van der Waals surface area contributed by atoms with Gasteiger partial charge in [-0.15, -0.1) is 0 Å². The minimum Gasteiger partial charge on any atom is -0.493 e. The molecule has 0 aliphatic carbocycles. The van der Waals surface area contributed by atoms with Gasteiger partial charge in [-0.25, -0.2) is 23.1 Å². The van der Waals surface area contributed by atoms with Crippen LogP contribution in [0.5, 0.6) is 5.75 Å². The number of para-hydroxylation sites is 1. The number of sulfonamides is 1. The first-order valence-electron chi connectivity index (χ1n) is 11.0. The summed E-state index contributed by atoms with van der Waals surface area (Å²) in [6.45, 7) is 6.09. The van der Waals surface area contributed by atoms with Crippen LogP contribution in [-0.2, 0) is 10.0 Å². The van der Waals surface area contributed by atoms with E-state index in [1.165, 1.54) is 24.3 Å². The number of carbonyl (C=O) groups is 1. The maximum atomic E-state index is 12.7. The van der Waals surface area contributed by atoms with Crippen molar-refractivity contribution in [3.63, 3.8) is 0 Å². The number of benzene rings is 2. The Labute approximate surface area is 210 Å². The Balaban J connectivity index is 1.62. The monoisotopic (exact) mass is 513 g/mol. The van der Waals surface area contributed by atoms with Crippen LogP contribution in [-0.4, -0.2) is 36.0 Å². The normalized spacial score (nSPS) is 10.9. The summed E-state index contributed by atoms with van der Waals surface area (Å²) in [5.74, 6) is 0.0788. The van der Waals surface area contributed by atoms with Gasteiger partial charge in [-0.3, -0.25) is 10.1 Å². The van der Waals surface area contributed by atoms with Gasteiger partial charge in [0.15, 0.2) is 5.11 Å². The number of unbranched alkanes of at least 4 members (excludes halogenated alkanes) is 1. The smallest absolute Gasteiger partial charge is 0.264 e. The fourth-order valence-corrected chi connectivity index (χ4v) is 4.26. The predicted molar refractivity (Wildman–Crippen MR) is 139 cm³/mol. The minimum atomic E-state index is -3.88. The standard InChI is InChI=1S/C24H27N5O4S2/c1-4-5-14-33-21-9-7-6-8-20(21)22(30)28-24(34)27-18-10-12-19(13-11-18)35(31,32)29-23-25-16(2)15-17(3)26-23/h6-13,15H,4-5,14H2,1-3H3,(H,25,26,29)(H2,27,28,30,34). The molecule has 1 heterocycles. The van der Waals surface area contributed by atoms with E-state index < -0.39 is 15.9 Å². The highest BCUT2D eigenvalue weighted by Gasteiger charge is 2.17. The average molecular weight is 514 g/mol. The Morgan fingerprint density at radius 1 is 1.03 bits per heavy atom. The van der Waals surface area contributed by atoms with Crippen LogP contribution in [0.2, 0.25) is 0 Å². The number of hydrogen-bond donors (Lipinski definition) is 3. The third-order valence-electron chi connectivity index (χ3n) is 4.74. The van der Waals surface area contributed by atoms with Crippen LogP contribution in [0.1, 0.15) is 41.5 Å². The number of carbonyl (C=O) groups excluding carboxylic acids is 1. The lowest BCUT2D eigenvalue weighted by atomic mass is 10.2. The largest absolute Gasteiger partial charge is 0.493 e. The van der Waals surface area contributed by atoms with E-state index in [-0.39, 0.29) is 16.0 Å². The Kier molecular flexibility index (Phi) is 8.72. The Morgan fingerprint density at radius 2 is 1.69 bits per heavy atom. The quantitative estimate of drug-likeness (QED) is 0.287. The summed E-state index contributed by atoms with van der Waals surface area (Å²) in [5.41, 5.74) is 2.18. The van der Waals surface area contributed by atoms with E-state index in [1.807, 2.05) is 0 Å². The summed E-state index contributed by atoms with van der Waals surface area (Å²) in [7, 11) is -3.88. The predicted octanol–water partition coefficient (Wildman–Crippen LogP) is 4.20. The molecule has 3 rings (SSSR count). The van der Waals surface area contributed by atoms with Crippen molar-refractivity contribution < 1.29 is 17.9 Å². The number of anilines is 2. The lowest BCUT2D eigenvalue weighted by Gasteiger charge is -2.13. The van der Waals surface area contributed by atoms with Crippen LogP contribution in [0.4, 0.5) is 11.6 Å². The molecular weight excluding hydrogens is 486 g/mol. The maximum Gasteiger partial charge on any atom is 0.264 e. The second kappa shape index (κ2) is 11.7. The molecule has 0 spiro atoms. The maximum absolute atomic E-state index is 12.7. The van der Waals surface area contributed by atoms with Crippen molar-refractivity contribution in [1.82, 2.24) is 15.3 Å². The topological polar surface area (TPSA) is 122 Å². The van der Waals surface area contributed by atoms with Gasteiger partial charge in [-0.1, -0.05) is 25.5 Å². The molecule has 0 saturated carbocycles. The molecule has 11 heteroatoms. The average Bonchev–Trinajstić information content (AvgIpc) is 2.79. The van der Waals surface area contributed by atoms with E-state index in [1.54, 1.807) is 44.2 Å². The molecule has 0 saturated heterocycles. The second-order valence-corrected chi connectivity index (χ2v) is 9.80. The lowest BCUT2D eigenvalue weighted by molar-refractivity contribution is 0.0973. The van der Waals surface area contributed by atoms with Gasteiger partial charge < -0.3 is 10.1 Å². The highest BCUT2D eigenvalue weighted by molar-refractivity contribution is 7.92. The number of nitrogens with zero attached hydrogens (tertiary/aromatic N) is 2. The third-order valence-corrected chi connectivity index (χ3v) is 6.29. The Hall–Kier alpha value is -3.57. The molecule has 0 unspecified atom stereocenters. The van der Waals surface area contributed by atoms with Crippen LogP contribution < -0.4 is 20.1 Å². The van der Waals surface area contributed by atoms with E-state index in [4.69, 9.17) is 17.0 Å². The molecule has 2 aromatic carbocycles. The van der Waals surface area contributed by atoms with Crippen LogP contribution in [0.3, 0.4) is 0 Å². The number of hydrogen-bond acceptors (Lipinski definition) is 7. The molecule has 0 atom stereocenters. The molecule has 9 nitrogen and oxygen atoms in total. The highest BCUT2D eigenvalue weighted by Crippen LogP contribution is 2.19. The van der Waals surface area contributed by atoms with Gasteiger partial charge in [-0.2, -0.15) is 0 Å². The molecule has 0 aliphatic rings. The number of ether oxygens (including phenoxy) is 1. The molecular formula is C24H27N5O4S2. The first-order chi connectivity index (χ1) is 16.7. The summed E-state index contributed by atoms with van der Waals surface area (Å²) in [6, 6.07) is 14.6. The molecule has 184 valence electrons. The first kappa shape index (κ1) is 26.0. The van der Waals surface area contributed by atoms with Crippen molar-refractivity contribution in [2.24, 2.45) is 0 Å². The zero-order chi connectivity index (χ0) is 25.4. The molecule has 0 radical (unpaired) electrons. The Morgan fingerprint density at radius 3 is 2.34 bits per heavy atom. The Bertz CT molecular complexity index is 1290. The zero-order valence-corrected chi connectivity index (χ0v) is 21.3. The van der Waals surface area contributed by atoms with E-state index >= 15 is 0 Å². The summed E-state index contributed by atoms with van der Waals surface area (Å²) >= 11 is 5.25. The van der Waals surface area contributed by atoms with Crippen LogP contribution >= 0.6 is 12.2 Å². The number of amides is 1. The molecule has 3 N–H and O–H groups in total. The second-order valence-electron chi connectivity index (χ2n) is 7.71. The van der Waals surface area contributed by atoms with Crippen molar-refractivity contribution in [2.75, 3.05) is 16.6 Å². The summed E-state index contributed by atoms with van der Waals surface area (Å²) in [4.78, 5) is 20.9. The fourth-order valence-electron chi connectivity index (χ4n) is 3.11. The van der Waals surface area contributed by atoms with E-state index in [9.17, 15) is 13.2 Å². The van der Waals surface area contributed by atoms with Crippen LogP contribution in [0.25, 0.3) is 0 Å². The van der Waals surface area contributed by atoms with E-state index in [0.29, 0.717) is 35.0 Å². The van der Waals surface area contributed by atoms with Crippen molar-refractivity contribution in [3.8, 4) is 5.75 Å². The fraction of sp³-hybridized carbons (Fsp3) is 0.250. The summed E-state index contributed by atoms with van der Waals surface area (Å²) in [6.07, 6.45) is 1.87. The molecule has 1 amide bonds. The van der Waals surface area contributed by atoms with Crippen molar-refractivity contribution in [1.29, 1.82) is 0 Å². The first-order valence-corrected chi connectivity index (χ1v) is 12.9. The highest BCUT2D eigenvalue weighted by atomic mass is 32.2. The van der Waals surface area contributed by atoms with Gasteiger partial charge in [0.1, 0.15) is 5.75 Å². The van der Waals surface area contributed by atoms with Gasteiger partial charge in [-0.05, 0) is 75.0 Å². The number of nitrogens with one attached hydrogen (secondary N) is 3. The van der Waals surface area contributed by atoms with Gasteiger partial charge in [0.25, 0.3) is 15.9 Å². The third kappa shape index (κ3) is 7.46. The van der Waals surface area contributed by atoms with E-state index in [0.717, 1.165) is 12.8 Å². The van der Waals surface area contributed by atoms with Crippen molar-refractivity contribution >= 4 is 44.9 Å². The lowest BCUT2D eigenvalue weighted by Crippen LogP contribution is -2.34. The van der Waals surface area contributed by atoms with Gasteiger partial charge in [0, 0.05) is 17.1 Å². The number of aromatic nitrogens is 2. The SMILES string of the molecule is CCCCOc1ccccc1C(=O)NC(=S)Nc1ccc(S(=O)(=O)Nc2nc(C)cc(C)n2)cc1. The summed E-state index contributed by atoms with van der Waals surface area (Å²) < 4.78 is 33.4. The molecule has 0 aliphatic heterocycles. The number of rotatable bonds is 9. The van der Waals surface area contributed by atoms with Crippen LogP contribution in [0.15, 0.2) is 59.5 Å². The minimum absolute atomic E-state index is 0.00699. The molecule has 35 heavy (non-hydrogen) atoms. The molecule has 3 aromatic rings. The zero-order valence-electron chi connectivity index (χ0n) is 19.7. The number of thiocarbonyl (C=S) groups is 1. The summed E-state index contributed by atoms with van der Waals surface area (Å²) in [5, 5.41) is 5.56. The molecule has 0 fully saturated rings. The number of aryl methyl sites for hydroxylation is 2. The van der Waals surface area contributed by atoms with Crippen molar-refractivity contribution in [3.05, 3.63) is 71.5 Å².